The van der Waals surface area contributed by atoms with E-state index in [0.29, 0.717) is 6.61 Å². The van der Waals surface area contributed by atoms with Crippen molar-refractivity contribution in [1.29, 1.82) is 0 Å². The summed E-state index contributed by atoms with van der Waals surface area (Å²) in [5, 5.41) is 14.3. The van der Waals surface area contributed by atoms with Gasteiger partial charge in [0.1, 0.15) is 6.33 Å². The van der Waals surface area contributed by atoms with Gasteiger partial charge in [-0.05, 0) is 42.7 Å². The van der Waals surface area contributed by atoms with Crippen molar-refractivity contribution in [3.8, 4) is 0 Å². The van der Waals surface area contributed by atoms with E-state index in [0.717, 1.165) is 18.4 Å². The lowest BCUT2D eigenvalue weighted by molar-refractivity contribution is -0.126. The Morgan fingerprint density at radius 3 is 2.83 bits per heavy atom. The normalized spacial score (nSPS) is 21.6. The smallest absolute Gasteiger partial charge is 0.249 e. The molecule has 1 aliphatic rings. The van der Waals surface area contributed by atoms with Gasteiger partial charge < -0.3 is 10.1 Å². The highest BCUT2D eigenvalue weighted by Crippen LogP contribution is 2.25. The molecule has 1 saturated heterocycles. The number of tetrazole rings is 1. The Kier molecular flexibility index (Phi) is 4.38. The Morgan fingerprint density at radius 1 is 1.39 bits per heavy atom. The van der Waals surface area contributed by atoms with E-state index in [-0.39, 0.29) is 17.6 Å². The maximum atomic E-state index is 12.9. The number of hydrogen-bond donors (Lipinski definition) is 1. The van der Waals surface area contributed by atoms with Gasteiger partial charge in [0.25, 0.3) is 0 Å². The molecule has 23 heavy (non-hydrogen) atoms. The molecule has 1 aromatic heterocycles. The molecule has 2 heterocycles. The number of nitrogens with one attached hydrogen (secondary N) is 1. The summed E-state index contributed by atoms with van der Waals surface area (Å²) in [6.45, 7) is 4.74. The Balaban J connectivity index is 1.79. The Labute approximate surface area is 135 Å². The van der Waals surface area contributed by atoms with Gasteiger partial charge in [-0.15, -0.1) is 5.10 Å². The third-order valence-corrected chi connectivity index (χ3v) is 4.04. The van der Waals surface area contributed by atoms with Crippen LogP contribution in [0.3, 0.4) is 0 Å². The van der Waals surface area contributed by atoms with Crippen molar-refractivity contribution < 1.29 is 9.53 Å². The van der Waals surface area contributed by atoms with Crippen molar-refractivity contribution in [3.63, 3.8) is 0 Å². The van der Waals surface area contributed by atoms with Gasteiger partial charge in [-0.25, -0.2) is 4.68 Å². The summed E-state index contributed by atoms with van der Waals surface area (Å²) in [7, 11) is 0. The van der Waals surface area contributed by atoms with Crippen molar-refractivity contribution >= 4 is 5.91 Å². The average molecular weight is 315 g/mol. The van der Waals surface area contributed by atoms with E-state index < -0.39 is 6.04 Å². The highest BCUT2D eigenvalue weighted by Gasteiger charge is 2.32. The third-order valence-electron chi connectivity index (χ3n) is 4.04. The maximum absolute atomic E-state index is 12.9. The van der Waals surface area contributed by atoms with Crippen molar-refractivity contribution in [3.05, 3.63) is 42.2 Å². The van der Waals surface area contributed by atoms with Crippen LogP contribution in [0.5, 0.6) is 0 Å². The van der Waals surface area contributed by atoms with Gasteiger partial charge in [-0.3, -0.25) is 4.79 Å². The van der Waals surface area contributed by atoms with E-state index in [4.69, 9.17) is 4.74 Å². The van der Waals surface area contributed by atoms with E-state index in [9.17, 15) is 4.79 Å². The lowest BCUT2D eigenvalue weighted by atomic mass is 9.93. The SMILES string of the molecule is CC1(C)C[C@@H](NC(=O)[C@@H](c2ccccc2)n2cnnn2)CCO1. The lowest BCUT2D eigenvalue weighted by Crippen LogP contribution is -2.47. The summed E-state index contributed by atoms with van der Waals surface area (Å²) in [6, 6.07) is 9.04. The van der Waals surface area contributed by atoms with E-state index in [1.807, 2.05) is 44.2 Å². The molecule has 1 amide bonds. The summed E-state index contributed by atoms with van der Waals surface area (Å²) in [5.41, 5.74) is 0.636. The number of benzene rings is 1. The second-order valence-electron chi connectivity index (χ2n) is 6.41. The first-order valence-electron chi connectivity index (χ1n) is 7.77. The largest absolute Gasteiger partial charge is 0.375 e. The molecule has 0 aliphatic carbocycles. The van der Waals surface area contributed by atoms with Gasteiger partial charge in [0, 0.05) is 12.6 Å². The molecule has 0 bridgehead atoms. The fourth-order valence-corrected chi connectivity index (χ4v) is 2.98. The Morgan fingerprint density at radius 2 is 2.17 bits per heavy atom. The van der Waals surface area contributed by atoms with Crippen LogP contribution >= 0.6 is 0 Å². The van der Waals surface area contributed by atoms with Crippen LogP contribution in [0.25, 0.3) is 0 Å². The molecule has 1 N–H and O–H groups in total. The van der Waals surface area contributed by atoms with Gasteiger partial charge >= 0.3 is 0 Å². The zero-order chi connectivity index (χ0) is 16.3. The minimum Gasteiger partial charge on any atom is -0.375 e. The Bertz CT molecular complexity index is 642. The minimum absolute atomic E-state index is 0.0916. The van der Waals surface area contributed by atoms with E-state index >= 15 is 0 Å². The van der Waals surface area contributed by atoms with Crippen LogP contribution in [0.4, 0.5) is 0 Å². The number of carbonyl (C=O) groups excluding carboxylic acids is 1. The molecular formula is C16H21N5O2. The van der Waals surface area contributed by atoms with Crippen molar-refractivity contribution in [1.82, 2.24) is 25.5 Å². The van der Waals surface area contributed by atoms with E-state index in [1.165, 1.54) is 11.0 Å². The fraction of sp³-hybridized carbons (Fsp3) is 0.500. The molecular weight excluding hydrogens is 294 g/mol. The topological polar surface area (TPSA) is 81.9 Å². The van der Waals surface area contributed by atoms with Crippen molar-refractivity contribution in [2.45, 2.75) is 44.4 Å². The van der Waals surface area contributed by atoms with Crippen LogP contribution in [0.15, 0.2) is 36.7 Å². The van der Waals surface area contributed by atoms with Gasteiger partial charge in [0.2, 0.25) is 5.91 Å². The number of ether oxygens (including phenoxy) is 1. The summed E-state index contributed by atoms with van der Waals surface area (Å²) in [5.74, 6) is -0.105. The summed E-state index contributed by atoms with van der Waals surface area (Å²) in [6.07, 6.45) is 3.06. The van der Waals surface area contributed by atoms with Gasteiger partial charge in [0.05, 0.1) is 5.60 Å². The highest BCUT2D eigenvalue weighted by molar-refractivity contribution is 5.83. The van der Waals surface area contributed by atoms with Gasteiger partial charge in [-0.1, -0.05) is 30.3 Å². The first-order valence-corrected chi connectivity index (χ1v) is 7.77. The fourth-order valence-electron chi connectivity index (χ4n) is 2.98. The summed E-state index contributed by atoms with van der Waals surface area (Å²) < 4.78 is 7.19. The number of hydrogen-bond acceptors (Lipinski definition) is 5. The first kappa shape index (κ1) is 15.6. The van der Waals surface area contributed by atoms with Crippen LogP contribution in [0.1, 0.15) is 38.3 Å². The standard InChI is InChI=1S/C16H21N5O2/c1-16(2)10-13(8-9-23-16)18-15(22)14(21-11-17-19-20-21)12-6-4-3-5-7-12/h3-7,11,13-14H,8-10H2,1-2H3,(H,18,22)/t13-,14+/m0/s1. The molecule has 7 nitrogen and oxygen atoms in total. The second-order valence-corrected chi connectivity index (χ2v) is 6.41. The molecule has 7 heteroatoms. The molecule has 0 saturated carbocycles. The predicted molar refractivity (Wildman–Crippen MR) is 83.6 cm³/mol. The first-order chi connectivity index (χ1) is 11.1. The van der Waals surface area contributed by atoms with E-state index in [1.54, 1.807) is 0 Å². The number of rotatable bonds is 4. The summed E-state index contributed by atoms with van der Waals surface area (Å²) in [4.78, 5) is 12.9. The quantitative estimate of drug-likeness (QED) is 0.920. The monoisotopic (exact) mass is 315 g/mol. The van der Waals surface area contributed by atoms with Crippen LogP contribution in [0, 0.1) is 0 Å². The minimum atomic E-state index is -0.572. The number of carbonyl (C=O) groups is 1. The maximum Gasteiger partial charge on any atom is 0.249 e. The van der Waals surface area contributed by atoms with E-state index in [2.05, 4.69) is 20.8 Å². The highest BCUT2D eigenvalue weighted by atomic mass is 16.5. The van der Waals surface area contributed by atoms with Gasteiger partial charge in [-0.2, -0.15) is 0 Å². The number of nitrogens with zero attached hydrogens (tertiary/aromatic N) is 4. The molecule has 2 aromatic rings. The molecule has 3 rings (SSSR count). The Hall–Kier alpha value is -2.28. The molecule has 1 aliphatic heterocycles. The summed E-state index contributed by atoms with van der Waals surface area (Å²) >= 11 is 0. The van der Waals surface area contributed by atoms with Crippen molar-refractivity contribution in [2.75, 3.05) is 6.61 Å². The van der Waals surface area contributed by atoms with Crippen LogP contribution in [-0.4, -0.2) is 44.4 Å². The lowest BCUT2D eigenvalue weighted by Gasteiger charge is -2.36. The number of aromatic nitrogens is 4. The van der Waals surface area contributed by atoms with Gasteiger partial charge in [0.15, 0.2) is 6.04 Å². The zero-order valence-corrected chi connectivity index (χ0v) is 13.3. The molecule has 0 unspecified atom stereocenters. The molecule has 1 fully saturated rings. The molecule has 0 radical (unpaired) electrons. The zero-order valence-electron chi connectivity index (χ0n) is 13.3. The third kappa shape index (κ3) is 3.73. The number of amides is 1. The van der Waals surface area contributed by atoms with Crippen molar-refractivity contribution in [2.24, 2.45) is 0 Å². The van der Waals surface area contributed by atoms with Crippen LogP contribution < -0.4 is 5.32 Å². The molecule has 122 valence electrons. The van der Waals surface area contributed by atoms with Crippen LogP contribution in [-0.2, 0) is 9.53 Å². The molecule has 0 spiro atoms. The average Bonchev–Trinajstić information content (AvgIpc) is 3.01. The molecule has 2 atom stereocenters. The molecule has 1 aromatic carbocycles. The van der Waals surface area contributed by atoms with Crippen LogP contribution in [0.2, 0.25) is 0 Å². The second kappa shape index (κ2) is 6.45. The predicted octanol–water partition coefficient (Wildman–Crippen LogP) is 1.34.